The highest BCUT2D eigenvalue weighted by atomic mass is 16.1. The molecule has 0 amide bonds. The number of benzene rings is 3. The van der Waals surface area contributed by atoms with Crippen LogP contribution in [0.4, 0.5) is 0 Å². The van der Waals surface area contributed by atoms with E-state index in [-0.39, 0.29) is 12.2 Å². The van der Waals surface area contributed by atoms with Crippen LogP contribution in [0.1, 0.15) is 16.1 Å². The molecule has 4 rings (SSSR count). The second kappa shape index (κ2) is 6.65. The second-order valence-corrected chi connectivity index (χ2v) is 5.87. The number of fused-ring (bicyclic) bond motifs is 1. The van der Waals surface area contributed by atoms with E-state index in [1.807, 2.05) is 84.9 Å². The number of ketones is 1. The van der Waals surface area contributed by atoms with Crippen molar-refractivity contribution in [3.63, 3.8) is 0 Å². The average molecular weight is 324 g/mol. The van der Waals surface area contributed by atoms with E-state index < -0.39 is 0 Å². The zero-order valence-corrected chi connectivity index (χ0v) is 13.6. The van der Waals surface area contributed by atoms with Crippen molar-refractivity contribution in [3.8, 4) is 11.3 Å². The van der Waals surface area contributed by atoms with Crippen molar-refractivity contribution in [2.75, 3.05) is 0 Å². The normalized spacial score (nSPS) is 10.7. The van der Waals surface area contributed by atoms with E-state index in [1.54, 1.807) is 0 Å². The summed E-state index contributed by atoms with van der Waals surface area (Å²) in [6.45, 7) is 0. The van der Waals surface area contributed by atoms with Crippen molar-refractivity contribution in [3.05, 3.63) is 96.2 Å². The molecule has 0 fully saturated rings. The van der Waals surface area contributed by atoms with E-state index in [2.05, 4.69) is 10.2 Å². The van der Waals surface area contributed by atoms with Crippen LogP contribution in [0.25, 0.3) is 22.0 Å². The van der Waals surface area contributed by atoms with Gasteiger partial charge in [-0.1, -0.05) is 84.9 Å². The number of carbonyl (C=O) groups is 1. The first-order valence-electron chi connectivity index (χ1n) is 8.21. The van der Waals surface area contributed by atoms with Crippen LogP contribution in [-0.2, 0) is 6.42 Å². The van der Waals surface area contributed by atoms with E-state index in [9.17, 15) is 4.79 Å². The zero-order valence-electron chi connectivity index (χ0n) is 13.6. The lowest BCUT2D eigenvalue weighted by atomic mass is 10.00. The molecule has 1 aromatic heterocycles. The summed E-state index contributed by atoms with van der Waals surface area (Å²) in [4.78, 5) is 12.5. The van der Waals surface area contributed by atoms with Gasteiger partial charge in [-0.2, -0.15) is 5.10 Å². The molecule has 3 heteroatoms. The summed E-state index contributed by atoms with van der Waals surface area (Å²) < 4.78 is 0. The van der Waals surface area contributed by atoms with Gasteiger partial charge in [-0.25, -0.2) is 0 Å². The van der Waals surface area contributed by atoms with Crippen molar-refractivity contribution in [2.24, 2.45) is 0 Å². The Morgan fingerprint density at radius 3 is 2.00 bits per heavy atom. The SMILES string of the molecule is O=C(Cc1nnc(-c2ccccc2)c2ccccc12)c1ccccc1. The Balaban J connectivity index is 1.78. The third kappa shape index (κ3) is 3.04. The standard InChI is InChI=1S/C22H16N2O/c25-21(16-9-3-1-4-10-16)15-20-18-13-7-8-14-19(18)22(24-23-20)17-11-5-2-6-12-17/h1-14H,15H2. The smallest absolute Gasteiger partial charge is 0.168 e. The fraction of sp³-hybridized carbons (Fsp3) is 0.0455. The molecule has 0 saturated heterocycles. The van der Waals surface area contributed by atoms with Crippen LogP contribution < -0.4 is 0 Å². The van der Waals surface area contributed by atoms with Gasteiger partial charge in [-0.3, -0.25) is 4.79 Å². The Morgan fingerprint density at radius 1 is 0.680 bits per heavy atom. The number of Topliss-reactive ketones (excluding diaryl/α,β-unsaturated/α-hetero) is 1. The Labute approximate surface area is 146 Å². The molecule has 0 aliphatic carbocycles. The maximum absolute atomic E-state index is 12.5. The minimum Gasteiger partial charge on any atom is -0.294 e. The molecule has 4 aromatic rings. The van der Waals surface area contributed by atoms with Gasteiger partial charge in [-0.15, -0.1) is 5.10 Å². The van der Waals surface area contributed by atoms with E-state index in [1.165, 1.54) is 0 Å². The van der Waals surface area contributed by atoms with E-state index >= 15 is 0 Å². The van der Waals surface area contributed by atoms with Crippen LogP contribution in [0.15, 0.2) is 84.9 Å². The van der Waals surface area contributed by atoms with Gasteiger partial charge < -0.3 is 0 Å². The highest BCUT2D eigenvalue weighted by Crippen LogP contribution is 2.27. The van der Waals surface area contributed by atoms with Crippen molar-refractivity contribution in [1.82, 2.24) is 10.2 Å². The number of rotatable bonds is 4. The van der Waals surface area contributed by atoms with Crippen LogP contribution >= 0.6 is 0 Å². The van der Waals surface area contributed by atoms with Crippen molar-refractivity contribution in [2.45, 2.75) is 6.42 Å². The Hall–Kier alpha value is -3.33. The average Bonchev–Trinajstić information content (AvgIpc) is 2.69. The summed E-state index contributed by atoms with van der Waals surface area (Å²) in [6, 6.07) is 27.3. The molecule has 120 valence electrons. The first kappa shape index (κ1) is 15.2. The monoisotopic (exact) mass is 324 g/mol. The highest BCUT2D eigenvalue weighted by Gasteiger charge is 2.14. The van der Waals surface area contributed by atoms with Gasteiger partial charge in [0, 0.05) is 21.9 Å². The Kier molecular flexibility index (Phi) is 4.05. The summed E-state index contributed by atoms with van der Waals surface area (Å²) in [5.41, 5.74) is 3.27. The number of carbonyl (C=O) groups excluding carboxylic acids is 1. The molecule has 0 aliphatic rings. The lowest BCUT2D eigenvalue weighted by Gasteiger charge is -2.09. The first-order chi connectivity index (χ1) is 12.3. The van der Waals surface area contributed by atoms with Gasteiger partial charge in [-0.05, 0) is 0 Å². The highest BCUT2D eigenvalue weighted by molar-refractivity contribution is 6.01. The van der Waals surface area contributed by atoms with Crippen LogP contribution in [0, 0.1) is 0 Å². The maximum Gasteiger partial charge on any atom is 0.168 e. The van der Waals surface area contributed by atoms with Gasteiger partial charge in [0.15, 0.2) is 5.78 Å². The van der Waals surface area contributed by atoms with Gasteiger partial charge in [0.1, 0.15) is 5.69 Å². The van der Waals surface area contributed by atoms with E-state index in [0.717, 1.165) is 22.0 Å². The lowest BCUT2D eigenvalue weighted by molar-refractivity contribution is 0.0992. The number of hydrogen-bond donors (Lipinski definition) is 0. The number of nitrogens with zero attached hydrogens (tertiary/aromatic N) is 2. The van der Waals surface area contributed by atoms with Gasteiger partial charge >= 0.3 is 0 Å². The maximum atomic E-state index is 12.5. The van der Waals surface area contributed by atoms with E-state index in [0.29, 0.717) is 11.3 Å². The van der Waals surface area contributed by atoms with E-state index in [4.69, 9.17) is 0 Å². The third-order valence-electron chi connectivity index (χ3n) is 4.23. The van der Waals surface area contributed by atoms with Crippen LogP contribution in [0.3, 0.4) is 0 Å². The molecule has 0 bridgehead atoms. The van der Waals surface area contributed by atoms with Crippen molar-refractivity contribution in [1.29, 1.82) is 0 Å². The lowest BCUT2D eigenvalue weighted by Crippen LogP contribution is -2.07. The predicted molar refractivity (Wildman–Crippen MR) is 99.5 cm³/mol. The molecule has 25 heavy (non-hydrogen) atoms. The Bertz CT molecular complexity index is 1030. The second-order valence-electron chi connectivity index (χ2n) is 5.87. The molecular weight excluding hydrogens is 308 g/mol. The molecule has 0 atom stereocenters. The molecule has 3 nitrogen and oxygen atoms in total. The van der Waals surface area contributed by atoms with Crippen molar-refractivity contribution < 1.29 is 4.79 Å². The van der Waals surface area contributed by atoms with Gasteiger partial charge in [0.2, 0.25) is 0 Å². The van der Waals surface area contributed by atoms with Crippen LogP contribution in [0.5, 0.6) is 0 Å². The number of hydrogen-bond acceptors (Lipinski definition) is 3. The topological polar surface area (TPSA) is 42.9 Å². The molecule has 3 aromatic carbocycles. The van der Waals surface area contributed by atoms with Crippen LogP contribution in [-0.4, -0.2) is 16.0 Å². The Morgan fingerprint density at radius 2 is 1.28 bits per heavy atom. The predicted octanol–water partition coefficient (Wildman–Crippen LogP) is 4.72. The first-order valence-corrected chi connectivity index (χ1v) is 8.21. The zero-order chi connectivity index (χ0) is 17.1. The fourth-order valence-electron chi connectivity index (χ4n) is 2.98. The molecule has 0 unspecified atom stereocenters. The number of aromatic nitrogens is 2. The molecule has 0 N–H and O–H groups in total. The molecule has 0 saturated carbocycles. The summed E-state index contributed by atoms with van der Waals surface area (Å²) in [5, 5.41) is 10.8. The third-order valence-corrected chi connectivity index (χ3v) is 4.23. The minimum atomic E-state index is 0.0486. The molecule has 0 radical (unpaired) electrons. The quantitative estimate of drug-likeness (QED) is 0.510. The largest absolute Gasteiger partial charge is 0.294 e. The van der Waals surface area contributed by atoms with Gasteiger partial charge in [0.25, 0.3) is 0 Å². The summed E-state index contributed by atoms with van der Waals surface area (Å²) in [7, 11) is 0. The minimum absolute atomic E-state index is 0.0486. The summed E-state index contributed by atoms with van der Waals surface area (Å²) in [5.74, 6) is 0.0486. The van der Waals surface area contributed by atoms with Crippen LogP contribution in [0.2, 0.25) is 0 Å². The van der Waals surface area contributed by atoms with Crippen molar-refractivity contribution >= 4 is 16.6 Å². The molecular formula is C22H16N2O. The molecule has 0 aliphatic heterocycles. The summed E-state index contributed by atoms with van der Waals surface area (Å²) in [6.07, 6.45) is 0.243. The molecule has 0 spiro atoms. The van der Waals surface area contributed by atoms with Gasteiger partial charge in [0.05, 0.1) is 12.1 Å². The fourth-order valence-corrected chi connectivity index (χ4v) is 2.98. The summed E-state index contributed by atoms with van der Waals surface area (Å²) >= 11 is 0. The molecule has 1 heterocycles.